The maximum atomic E-state index is 12.6. The maximum absolute atomic E-state index is 12.6. The number of halogens is 3. The lowest BCUT2D eigenvalue weighted by molar-refractivity contribution is -0.137. The molecule has 1 atom stereocenters. The number of oxime groups is 1. The summed E-state index contributed by atoms with van der Waals surface area (Å²) in [5, 5.41) is 7.19. The molecule has 8 heteroatoms. The fourth-order valence-corrected chi connectivity index (χ4v) is 3.10. The molecule has 28 heavy (non-hydrogen) atoms. The second kappa shape index (κ2) is 9.91. The average Bonchev–Trinajstić information content (AvgIpc) is 2.65. The Hall–Kier alpha value is -2.09. The Kier molecular flexibility index (Phi) is 7.86. The van der Waals surface area contributed by atoms with Gasteiger partial charge < -0.3 is 15.1 Å². The fraction of sp³-hybridized carbons (Fsp3) is 0.600. The molecule has 0 spiro atoms. The number of carbonyl (C=O) groups is 1. The van der Waals surface area contributed by atoms with Crippen LogP contribution in [-0.4, -0.2) is 42.7 Å². The van der Waals surface area contributed by atoms with Crippen LogP contribution in [0.5, 0.6) is 0 Å². The van der Waals surface area contributed by atoms with Crippen molar-refractivity contribution >= 4 is 11.6 Å². The molecule has 0 aliphatic carbocycles. The standard InChI is InChI=1S/C20H28F3N3O2/c1-14(2)12-18(24-3)19(27)26-10-8-17(9-11-26)25-28-13-15-4-6-16(7-5-15)20(21,22)23/h4-7,14,18,24H,8-13H2,1-3H3/t18-/m0/s1. The number of benzene rings is 1. The Morgan fingerprint density at radius 1 is 1.21 bits per heavy atom. The Morgan fingerprint density at radius 2 is 1.82 bits per heavy atom. The van der Waals surface area contributed by atoms with Gasteiger partial charge in [0.15, 0.2) is 0 Å². The SMILES string of the molecule is CN[C@@H](CC(C)C)C(=O)N1CCC(=NOCc2ccc(C(F)(F)F)cc2)CC1. The van der Waals surface area contributed by atoms with E-state index in [4.69, 9.17) is 4.84 Å². The minimum absolute atomic E-state index is 0.112. The molecule has 1 aliphatic rings. The Labute approximate surface area is 163 Å². The zero-order valence-electron chi connectivity index (χ0n) is 16.6. The van der Waals surface area contributed by atoms with Gasteiger partial charge in [-0.3, -0.25) is 4.79 Å². The van der Waals surface area contributed by atoms with Crippen LogP contribution in [-0.2, 0) is 22.4 Å². The second-order valence-corrected chi connectivity index (χ2v) is 7.42. The molecule has 0 saturated carbocycles. The lowest BCUT2D eigenvalue weighted by atomic mass is 10.0. The molecule has 2 rings (SSSR count). The summed E-state index contributed by atoms with van der Waals surface area (Å²) >= 11 is 0. The first kappa shape index (κ1) is 22.2. The summed E-state index contributed by atoms with van der Waals surface area (Å²) in [5.74, 6) is 0.544. The zero-order chi connectivity index (χ0) is 20.7. The van der Waals surface area contributed by atoms with E-state index in [2.05, 4.69) is 24.3 Å². The van der Waals surface area contributed by atoms with Crippen molar-refractivity contribution in [3.63, 3.8) is 0 Å². The van der Waals surface area contributed by atoms with Crippen LogP contribution in [0.15, 0.2) is 29.4 Å². The molecule has 0 bridgehead atoms. The van der Waals surface area contributed by atoms with Crippen LogP contribution in [0.4, 0.5) is 13.2 Å². The van der Waals surface area contributed by atoms with Gasteiger partial charge in [0.25, 0.3) is 0 Å². The first-order chi connectivity index (χ1) is 13.2. The van der Waals surface area contributed by atoms with E-state index in [-0.39, 0.29) is 18.6 Å². The second-order valence-electron chi connectivity index (χ2n) is 7.42. The smallest absolute Gasteiger partial charge is 0.391 e. The molecule has 0 aromatic heterocycles. The molecule has 0 unspecified atom stereocenters. The summed E-state index contributed by atoms with van der Waals surface area (Å²) in [6, 6.07) is 4.67. The largest absolute Gasteiger partial charge is 0.416 e. The molecule has 1 aromatic carbocycles. The van der Waals surface area contributed by atoms with Crippen molar-refractivity contribution in [3.05, 3.63) is 35.4 Å². The van der Waals surface area contributed by atoms with Crippen molar-refractivity contribution in [1.29, 1.82) is 0 Å². The molecule has 1 fully saturated rings. The van der Waals surface area contributed by atoms with E-state index in [0.29, 0.717) is 37.4 Å². The van der Waals surface area contributed by atoms with Crippen LogP contribution in [0.2, 0.25) is 0 Å². The van der Waals surface area contributed by atoms with Crippen LogP contribution < -0.4 is 5.32 Å². The average molecular weight is 399 g/mol. The van der Waals surface area contributed by atoms with Crippen LogP contribution in [0.1, 0.15) is 44.2 Å². The van der Waals surface area contributed by atoms with E-state index in [1.165, 1.54) is 12.1 Å². The Bertz CT molecular complexity index is 662. The summed E-state index contributed by atoms with van der Waals surface area (Å²) in [6.07, 6.45) is -2.27. The first-order valence-corrected chi connectivity index (χ1v) is 9.50. The quantitative estimate of drug-likeness (QED) is 0.709. The van der Waals surface area contributed by atoms with Crippen LogP contribution in [0.25, 0.3) is 0 Å². The van der Waals surface area contributed by atoms with Crippen molar-refractivity contribution in [2.75, 3.05) is 20.1 Å². The number of alkyl halides is 3. The predicted molar refractivity (Wildman–Crippen MR) is 102 cm³/mol. The number of amides is 1. The molecule has 1 N–H and O–H groups in total. The van der Waals surface area contributed by atoms with Gasteiger partial charge in [-0.05, 0) is 37.1 Å². The van der Waals surface area contributed by atoms with Crippen LogP contribution in [0, 0.1) is 5.92 Å². The third kappa shape index (κ3) is 6.51. The molecule has 1 heterocycles. The van der Waals surface area contributed by atoms with E-state index in [1.807, 2.05) is 4.90 Å². The molecule has 5 nitrogen and oxygen atoms in total. The third-order valence-corrected chi connectivity index (χ3v) is 4.71. The van der Waals surface area contributed by atoms with Crippen molar-refractivity contribution in [1.82, 2.24) is 10.2 Å². The molecule has 1 amide bonds. The van der Waals surface area contributed by atoms with E-state index >= 15 is 0 Å². The van der Waals surface area contributed by atoms with Gasteiger partial charge >= 0.3 is 6.18 Å². The number of likely N-dealkylation sites (tertiary alicyclic amines) is 1. The predicted octanol–water partition coefficient (Wildman–Crippen LogP) is 3.83. The number of hydrogen-bond donors (Lipinski definition) is 1. The lowest BCUT2D eigenvalue weighted by Crippen LogP contribution is -2.48. The van der Waals surface area contributed by atoms with E-state index in [0.717, 1.165) is 24.3 Å². The van der Waals surface area contributed by atoms with Gasteiger partial charge in [0.05, 0.1) is 17.3 Å². The molecule has 1 saturated heterocycles. The summed E-state index contributed by atoms with van der Waals surface area (Å²) < 4.78 is 37.7. The normalized spacial score (nSPS) is 16.2. The minimum atomic E-state index is -4.34. The molecular weight excluding hydrogens is 371 g/mol. The summed E-state index contributed by atoms with van der Waals surface area (Å²) in [4.78, 5) is 19.7. The molecular formula is C20H28F3N3O2. The number of rotatable bonds is 7. The van der Waals surface area contributed by atoms with E-state index in [9.17, 15) is 18.0 Å². The monoisotopic (exact) mass is 399 g/mol. The zero-order valence-corrected chi connectivity index (χ0v) is 16.6. The topological polar surface area (TPSA) is 53.9 Å². The van der Waals surface area contributed by atoms with Gasteiger partial charge in [0, 0.05) is 25.9 Å². The highest BCUT2D eigenvalue weighted by atomic mass is 19.4. The number of hydrogen-bond acceptors (Lipinski definition) is 4. The van der Waals surface area contributed by atoms with Gasteiger partial charge in [-0.25, -0.2) is 0 Å². The third-order valence-electron chi connectivity index (χ3n) is 4.71. The lowest BCUT2D eigenvalue weighted by Gasteiger charge is -2.31. The van der Waals surface area contributed by atoms with Gasteiger partial charge in [-0.2, -0.15) is 13.2 Å². The summed E-state index contributed by atoms with van der Waals surface area (Å²) in [7, 11) is 1.80. The van der Waals surface area contributed by atoms with Crippen LogP contribution in [0.3, 0.4) is 0 Å². The highest BCUT2D eigenvalue weighted by Crippen LogP contribution is 2.29. The van der Waals surface area contributed by atoms with Crippen molar-refractivity contribution in [2.24, 2.45) is 11.1 Å². The summed E-state index contributed by atoms with van der Waals surface area (Å²) in [6.45, 7) is 5.48. The first-order valence-electron chi connectivity index (χ1n) is 9.50. The highest BCUT2D eigenvalue weighted by Gasteiger charge is 2.30. The number of piperidine rings is 1. The Balaban J connectivity index is 1.80. The van der Waals surface area contributed by atoms with Gasteiger partial charge in [0.2, 0.25) is 5.91 Å². The fourth-order valence-electron chi connectivity index (χ4n) is 3.10. The van der Waals surface area contributed by atoms with Gasteiger partial charge in [-0.15, -0.1) is 0 Å². The van der Waals surface area contributed by atoms with Crippen molar-refractivity contribution in [3.8, 4) is 0 Å². The van der Waals surface area contributed by atoms with Crippen molar-refractivity contribution in [2.45, 2.75) is 51.9 Å². The minimum Gasteiger partial charge on any atom is -0.391 e. The van der Waals surface area contributed by atoms with Gasteiger partial charge in [0.1, 0.15) is 6.61 Å². The van der Waals surface area contributed by atoms with Gasteiger partial charge in [-0.1, -0.05) is 31.1 Å². The molecule has 156 valence electrons. The summed E-state index contributed by atoms with van der Waals surface area (Å²) in [5.41, 5.74) is 0.799. The molecule has 1 aromatic rings. The highest BCUT2D eigenvalue weighted by molar-refractivity contribution is 5.88. The number of nitrogens with one attached hydrogen (secondary N) is 1. The van der Waals surface area contributed by atoms with Crippen LogP contribution >= 0.6 is 0 Å². The maximum Gasteiger partial charge on any atom is 0.416 e. The number of carbonyl (C=O) groups excluding carboxylic acids is 1. The molecule has 0 radical (unpaired) electrons. The van der Waals surface area contributed by atoms with Crippen molar-refractivity contribution < 1.29 is 22.8 Å². The van der Waals surface area contributed by atoms with E-state index in [1.54, 1.807) is 7.05 Å². The molecule has 1 aliphatic heterocycles. The van der Waals surface area contributed by atoms with E-state index < -0.39 is 11.7 Å². The number of likely N-dealkylation sites (N-methyl/N-ethyl adjacent to an activating group) is 1. The Morgan fingerprint density at radius 3 is 2.32 bits per heavy atom. The number of nitrogens with zero attached hydrogens (tertiary/aromatic N) is 2.